The maximum atomic E-state index is 12.3. The molecule has 4 rings (SSSR count). The average Bonchev–Trinajstić information content (AvgIpc) is 3.37. The molecule has 8 nitrogen and oxygen atoms in total. The zero-order valence-corrected chi connectivity index (χ0v) is 14.1. The van der Waals surface area contributed by atoms with Crippen molar-refractivity contribution in [1.82, 2.24) is 24.5 Å². The van der Waals surface area contributed by atoms with Crippen LogP contribution in [-0.2, 0) is 10.0 Å². The van der Waals surface area contributed by atoms with Crippen molar-refractivity contribution in [2.75, 3.05) is 18.4 Å². The van der Waals surface area contributed by atoms with Crippen LogP contribution in [0.1, 0.15) is 25.7 Å². The number of anilines is 1. The van der Waals surface area contributed by atoms with Crippen LogP contribution in [0.4, 0.5) is 5.95 Å². The number of rotatable bonds is 5. The first-order valence-electron chi connectivity index (χ1n) is 8.24. The second kappa shape index (κ2) is 6.14. The molecule has 0 radical (unpaired) electrons. The Morgan fingerprint density at radius 2 is 1.75 bits per heavy atom. The molecule has 9 heteroatoms. The topological polar surface area (TPSA) is 93.0 Å². The summed E-state index contributed by atoms with van der Waals surface area (Å²) < 4.78 is 27.9. The summed E-state index contributed by atoms with van der Waals surface area (Å²) in [4.78, 5) is 0. The van der Waals surface area contributed by atoms with Gasteiger partial charge in [-0.15, -0.1) is 0 Å². The monoisotopic (exact) mass is 348 g/mol. The van der Waals surface area contributed by atoms with Gasteiger partial charge in [0, 0.05) is 19.1 Å². The van der Waals surface area contributed by atoms with Crippen LogP contribution < -0.4 is 5.32 Å². The number of para-hydroxylation sites is 1. The number of hydrogen-bond acceptors (Lipinski definition) is 6. The van der Waals surface area contributed by atoms with Crippen molar-refractivity contribution in [2.24, 2.45) is 0 Å². The van der Waals surface area contributed by atoms with Gasteiger partial charge in [0.05, 0.1) is 10.9 Å². The van der Waals surface area contributed by atoms with E-state index in [1.54, 1.807) is 8.99 Å². The summed E-state index contributed by atoms with van der Waals surface area (Å²) in [5.41, 5.74) is 0.888. The average molecular weight is 348 g/mol. The molecule has 1 aliphatic carbocycles. The lowest BCUT2D eigenvalue weighted by molar-refractivity contribution is 0.328. The van der Waals surface area contributed by atoms with Gasteiger partial charge in [0.15, 0.2) is 0 Å². The molecule has 2 heterocycles. The van der Waals surface area contributed by atoms with E-state index in [1.807, 2.05) is 30.3 Å². The second-order valence-electron chi connectivity index (χ2n) is 6.31. The van der Waals surface area contributed by atoms with Crippen molar-refractivity contribution in [2.45, 2.75) is 37.0 Å². The third kappa shape index (κ3) is 3.01. The highest BCUT2D eigenvalue weighted by Gasteiger charge is 2.41. The molecular formula is C15H20N6O2S. The standard InChI is InChI=1S/C15H20N6O2S/c22-24(23,14-6-7-14)20-10-8-12(9-11-20)16-15-17-18-19-21(15)13-4-2-1-3-5-13/h1-5,12,14H,6-11H2,(H,16,17,19). The van der Waals surface area contributed by atoms with Crippen molar-refractivity contribution < 1.29 is 8.42 Å². The van der Waals surface area contributed by atoms with Crippen LogP contribution in [0.15, 0.2) is 30.3 Å². The van der Waals surface area contributed by atoms with Gasteiger partial charge in [-0.25, -0.2) is 12.7 Å². The van der Waals surface area contributed by atoms with E-state index < -0.39 is 10.0 Å². The minimum absolute atomic E-state index is 0.132. The summed E-state index contributed by atoms with van der Waals surface area (Å²) in [6, 6.07) is 9.85. The molecule has 1 aromatic carbocycles. The summed E-state index contributed by atoms with van der Waals surface area (Å²) in [5.74, 6) is 0.588. The quantitative estimate of drug-likeness (QED) is 0.867. The predicted molar refractivity (Wildman–Crippen MR) is 89.3 cm³/mol. The van der Waals surface area contributed by atoms with Gasteiger partial charge in [-0.1, -0.05) is 23.3 Å². The number of nitrogens with one attached hydrogen (secondary N) is 1. The fraction of sp³-hybridized carbons (Fsp3) is 0.533. The summed E-state index contributed by atoms with van der Waals surface area (Å²) >= 11 is 0. The van der Waals surface area contributed by atoms with Crippen molar-refractivity contribution in [3.8, 4) is 5.69 Å². The fourth-order valence-electron chi connectivity index (χ4n) is 3.03. The zero-order valence-electron chi connectivity index (χ0n) is 13.2. The maximum absolute atomic E-state index is 12.3. The highest BCUT2D eigenvalue weighted by Crippen LogP contribution is 2.32. The van der Waals surface area contributed by atoms with E-state index in [0.29, 0.717) is 19.0 Å². The van der Waals surface area contributed by atoms with Crippen LogP contribution in [0.5, 0.6) is 0 Å². The molecule has 0 atom stereocenters. The normalized spacial score (nSPS) is 20.2. The predicted octanol–water partition coefficient (Wildman–Crippen LogP) is 1.03. The van der Waals surface area contributed by atoms with Crippen molar-refractivity contribution >= 4 is 16.0 Å². The Bertz CT molecular complexity index is 794. The summed E-state index contributed by atoms with van der Waals surface area (Å²) in [7, 11) is -3.07. The van der Waals surface area contributed by atoms with E-state index in [2.05, 4.69) is 20.8 Å². The van der Waals surface area contributed by atoms with Gasteiger partial charge in [0.2, 0.25) is 16.0 Å². The van der Waals surface area contributed by atoms with Gasteiger partial charge in [-0.2, -0.15) is 4.68 Å². The molecule has 2 aromatic rings. The number of piperidine rings is 1. The van der Waals surface area contributed by atoms with E-state index in [0.717, 1.165) is 31.4 Å². The van der Waals surface area contributed by atoms with Gasteiger partial charge < -0.3 is 5.32 Å². The number of nitrogens with zero attached hydrogens (tertiary/aromatic N) is 5. The van der Waals surface area contributed by atoms with E-state index in [-0.39, 0.29) is 11.3 Å². The summed E-state index contributed by atoms with van der Waals surface area (Å²) in [6.45, 7) is 1.12. The summed E-state index contributed by atoms with van der Waals surface area (Å²) in [5, 5.41) is 15.0. The van der Waals surface area contributed by atoms with Gasteiger partial charge in [-0.05, 0) is 48.2 Å². The Balaban J connectivity index is 1.41. The molecule has 1 aliphatic heterocycles. The van der Waals surface area contributed by atoms with Gasteiger partial charge in [0.25, 0.3) is 0 Å². The molecule has 128 valence electrons. The molecule has 2 fully saturated rings. The Morgan fingerprint density at radius 1 is 1.04 bits per heavy atom. The number of tetrazole rings is 1. The third-order valence-electron chi connectivity index (χ3n) is 4.56. The Labute approximate surface area is 140 Å². The molecule has 1 saturated heterocycles. The molecule has 0 amide bonds. The van der Waals surface area contributed by atoms with E-state index in [1.165, 1.54) is 0 Å². The SMILES string of the molecule is O=S(=O)(C1CC1)N1CCC(Nc2nnnn2-c2ccccc2)CC1. The van der Waals surface area contributed by atoms with Crippen molar-refractivity contribution in [3.05, 3.63) is 30.3 Å². The smallest absolute Gasteiger partial charge is 0.247 e. The lowest BCUT2D eigenvalue weighted by atomic mass is 10.1. The Morgan fingerprint density at radius 3 is 2.42 bits per heavy atom. The lowest BCUT2D eigenvalue weighted by Crippen LogP contribution is -2.43. The minimum Gasteiger partial charge on any atom is -0.350 e. The summed E-state index contributed by atoms with van der Waals surface area (Å²) in [6.07, 6.45) is 3.14. The van der Waals surface area contributed by atoms with Gasteiger partial charge in [0.1, 0.15) is 0 Å². The largest absolute Gasteiger partial charge is 0.350 e. The van der Waals surface area contributed by atoms with Crippen LogP contribution in [-0.4, -0.2) is 57.3 Å². The molecule has 0 bridgehead atoms. The number of benzene rings is 1. The number of aromatic nitrogens is 4. The van der Waals surface area contributed by atoms with Gasteiger partial charge in [-0.3, -0.25) is 0 Å². The molecular weight excluding hydrogens is 328 g/mol. The molecule has 1 aromatic heterocycles. The molecule has 0 unspecified atom stereocenters. The van der Waals surface area contributed by atoms with Crippen LogP contribution in [0.25, 0.3) is 5.69 Å². The fourth-order valence-corrected chi connectivity index (χ4v) is 4.91. The van der Waals surface area contributed by atoms with Crippen LogP contribution in [0, 0.1) is 0 Å². The molecule has 1 saturated carbocycles. The minimum atomic E-state index is -3.07. The molecule has 24 heavy (non-hydrogen) atoms. The van der Waals surface area contributed by atoms with Crippen LogP contribution in [0.3, 0.4) is 0 Å². The van der Waals surface area contributed by atoms with Crippen molar-refractivity contribution in [1.29, 1.82) is 0 Å². The molecule has 1 N–H and O–H groups in total. The number of hydrogen-bond donors (Lipinski definition) is 1. The second-order valence-corrected chi connectivity index (χ2v) is 8.52. The molecule has 2 aliphatic rings. The maximum Gasteiger partial charge on any atom is 0.247 e. The van der Waals surface area contributed by atoms with Crippen molar-refractivity contribution in [3.63, 3.8) is 0 Å². The Hall–Kier alpha value is -2.00. The third-order valence-corrected chi connectivity index (χ3v) is 6.96. The highest BCUT2D eigenvalue weighted by atomic mass is 32.2. The van der Waals surface area contributed by atoms with Crippen LogP contribution >= 0.6 is 0 Å². The molecule has 0 spiro atoms. The first kappa shape index (κ1) is 15.5. The highest BCUT2D eigenvalue weighted by molar-refractivity contribution is 7.90. The number of sulfonamides is 1. The van der Waals surface area contributed by atoms with E-state index in [4.69, 9.17) is 0 Å². The lowest BCUT2D eigenvalue weighted by Gasteiger charge is -2.31. The van der Waals surface area contributed by atoms with Crippen LogP contribution in [0.2, 0.25) is 0 Å². The van der Waals surface area contributed by atoms with E-state index in [9.17, 15) is 8.42 Å². The van der Waals surface area contributed by atoms with Gasteiger partial charge >= 0.3 is 0 Å². The first-order valence-corrected chi connectivity index (χ1v) is 9.74. The Kier molecular flexibility index (Phi) is 3.97. The first-order chi connectivity index (χ1) is 11.6. The zero-order chi connectivity index (χ0) is 16.6. The van der Waals surface area contributed by atoms with E-state index >= 15 is 0 Å².